The van der Waals surface area contributed by atoms with E-state index in [4.69, 9.17) is 0 Å². The maximum Gasteiger partial charge on any atom is 0.287 e. The zero-order valence-electron chi connectivity index (χ0n) is 6.18. The number of nitrogens with one attached hydrogen (secondary N) is 1. The fourth-order valence-corrected chi connectivity index (χ4v) is 0.959. The van der Waals surface area contributed by atoms with E-state index in [-0.39, 0.29) is 10.6 Å². The molecule has 0 fully saturated rings. The quantitative estimate of drug-likeness (QED) is 0.615. The summed E-state index contributed by atoms with van der Waals surface area (Å²) in [5, 5.41) is 2.50. The van der Waals surface area contributed by atoms with Gasteiger partial charge < -0.3 is 5.32 Å². The topological polar surface area (TPSA) is 29.1 Å². The molecule has 1 amide bonds. The van der Waals surface area contributed by atoms with Crippen LogP contribution in [-0.4, -0.2) is 4.82 Å². The first kappa shape index (κ1) is 9.19. The Kier molecular flexibility index (Phi) is 3.22. The number of amides is 1. The number of hydrogen-bond acceptors (Lipinski definition) is 1. The molecule has 64 valence electrons. The van der Waals surface area contributed by atoms with Crippen LogP contribution in [0.4, 0.5) is 9.18 Å². The summed E-state index contributed by atoms with van der Waals surface area (Å²) in [6.07, 6.45) is 0. The smallest absolute Gasteiger partial charge is 0.287 e. The van der Waals surface area contributed by atoms with Gasteiger partial charge in [-0.3, -0.25) is 4.79 Å². The Morgan fingerprint density at radius 3 is 2.92 bits per heavy atom. The van der Waals surface area contributed by atoms with Crippen LogP contribution in [0.15, 0.2) is 24.3 Å². The third-order valence-corrected chi connectivity index (χ3v) is 1.60. The SMILES string of the molecule is O=C(Br)NCc1cccc(F)c1. The maximum atomic E-state index is 12.6. The standard InChI is InChI=1S/C8H7BrFNO/c9-8(12)11-5-6-2-1-3-7(10)4-6/h1-4H,5H2,(H,11,12). The highest BCUT2D eigenvalue weighted by Crippen LogP contribution is 2.02. The first-order chi connectivity index (χ1) is 5.68. The molecule has 0 heterocycles. The van der Waals surface area contributed by atoms with Gasteiger partial charge in [0.15, 0.2) is 0 Å². The molecular weight excluding hydrogens is 225 g/mol. The molecule has 1 rings (SSSR count). The second-order valence-corrected chi connectivity index (χ2v) is 2.98. The second kappa shape index (κ2) is 4.21. The van der Waals surface area contributed by atoms with Crippen molar-refractivity contribution in [2.24, 2.45) is 0 Å². The van der Waals surface area contributed by atoms with E-state index in [2.05, 4.69) is 21.2 Å². The number of rotatable bonds is 2. The maximum absolute atomic E-state index is 12.6. The third kappa shape index (κ3) is 3.00. The molecule has 0 saturated heterocycles. The average molecular weight is 232 g/mol. The minimum absolute atomic E-state index is 0.295. The van der Waals surface area contributed by atoms with Crippen molar-refractivity contribution in [3.05, 3.63) is 35.6 Å². The fraction of sp³-hybridized carbons (Fsp3) is 0.125. The van der Waals surface area contributed by atoms with Crippen LogP contribution < -0.4 is 5.32 Å². The molecule has 0 aliphatic heterocycles. The minimum Gasteiger partial charge on any atom is -0.343 e. The Labute approximate surface area is 77.9 Å². The van der Waals surface area contributed by atoms with Gasteiger partial charge in [0.2, 0.25) is 0 Å². The first-order valence-electron chi connectivity index (χ1n) is 3.36. The molecule has 4 heteroatoms. The summed E-state index contributed by atoms with van der Waals surface area (Å²) in [6, 6.07) is 6.08. The van der Waals surface area contributed by atoms with Crippen LogP contribution in [0.5, 0.6) is 0 Å². The lowest BCUT2D eigenvalue weighted by Crippen LogP contribution is -2.14. The Hall–Kier alpha value is -0.900. The van der Waals surface area contributed by atoms with E-state index in [9.17, 15) is 9.18 Å². The van der Waals surface area contributed by atoms with Crippen LogP contribution in [0, 0.1) is 5.82 Å². The largest absolute Gasteiger partial charge is 0.343 e. The summed E-state index contributed by atoms with van der Waals surface area (Å²) in [5.74, 6) is -0.295. The zero-order valence-corrected chi connectivity index (χ0v) is 7.77. The summed E-state index contributed by atoms with van der Waals surface area (Å²) in [7, 11) is 0. The molecule has 1 N–H and O–H groups in total. The molecule has 0 aromatic heterocycles. The van der Waals surface area contributed by atoms with Crippen molar-refractivity contribution in [1.82, 2.24) is 5.32 Å². The zero-order chi connectivity index (χ0) is 8.97. The molecule has 0 spiro atoms. The van der Waals surface area contributed by atoms with Crippen LogP contribution in [0.25, 0.3) is 0 Å². The molecule has 0 radical (unpaired) electrons. The number of hydrogen-bond donors (Lipinski definition) is 1. The lowest BCUT2D eigenvalue weighted by Gasteiger charge is -2.00. The van der Waals surface area contributed by atoms with Crippen molar-refractivity contribution in [3.63, 3.8) is 0 Å². The minimum atomic E-state index is -0.299. The summed E-state index contributed by atoms with van der Waals surface area (Å²) < 4.78 is 12.6. The van der Waals surface area contributed by atoms with Gasteiger partial charge in [-0.2, -0.15) is 0 Å². The summed E-state index contributed by atoms with van der Waals surface area (Å²) in [6.45, 7) is 0.335. The molecule has 1 aromatic carbocycles. The van der Waals surface area contributed by atoms with Gasteiger partial charge in [-0.15, -0.1) is 0 Å². The number of carbonyl (C=O) groups is 1. The van der Waals surface area contributed by atoms with E-state index in [1.54, 1.807) is 12.1 Å². The molecule has 1 aromatic rings. The number of carbonyl (C=O) groups excluding carboxylic acids is 1. The van der Waals surface area contributed by atoms with Gasteiger partial charge in [-0.1, -0.05) is 12.1 Å². The molecule has 0 atom stereocenters. The normalized spacial score (nSPS) is 9.50. The molecule has 0 saturated carbocycles. The van der Waals surface area contributed by atoms with Crippen molar-refractivity contribution in [2.45, 2.75) is 6.54 Å². The van der Waals surface area contributed by atoms with E-state index in [0.29, 0.717) is 6.54 Å². The van der Waals surface area contributed by atoms with Gasteiger partial charge in [0.1, 0.15) is 5.82 Å². The molecule has 0 bridgehead atoms. The van der Waals surface area contributed by atoms with Gasteiger partial charge >= 0.3 is 0 Å². The molecule has 2 nitrogen and oxygen atoms in total. The predicted octanol–water partition coefficient (Wildman–Crippen LogP) is 2.43. The van der Waals surface area contributed by atoms with Gasteiger partial charge in [0, 0.05) is 22.5 Å². The van der Waals surface area contributed by atoms with Crippen LogP contribution in [0.1, 0.15) is 5.56 Å². The fourth-order valence-electron chi connectivity index (χ4n) is 0.818. The molecule has 0 unspecified atom stereocenters. The van der Waals surface area contributed by atoms with E-state index in [1.807, 2.05) is 0 Å². The van der Waals surface area contributed by atoms with Crippen molar-refractivity contribution >= 4 is 20.7 Å². The van der Waals surface area contributed by atoms with Crippen LogP contribution >= 0.6 is 15.9 Å². The monoisotopic (exact) mass is 231 g/mol. The third-order valence-electron chi connectivity index (χ3n) is 1.32. The van der Waals surface area contributed by atoms with E-state index in [0.717, 1.165) is 5.56 Å². The number of halogens is 2. The van der Waals surface area contributed by atoms with Crippen molar-refractivity contribution in [3.8, 4) is 0 Å². The van der Waals surface area contributed by atoms with Crippen molar-refractivity contribution in [2.75, 3.05) is 0 Å². The van der Waals surface area contributed by atoms with Crippen LogP contribution in [0.2, 0.25) is 0 Å². The Morgan fingerprint density at radius 1 is 1.58 bits per heavy atom. The lowest BCUT2D eigenvalue weighted by atomic mass is 10.2. The van der Waals surface area contributed by atoms with E-state index in [1.165, 1.54) is 12.1 Å². The van der Waals surface area contributed by atoms with Gasteiger partial charge in [-0.05, 0) is 17.7 Å². The molecular formula is C8H7BrFNO. The summed E-state index contributed by atoms with van der Waals surface area (Å²) in [5.41, 5.74) is 0.739. The predicted molar refractivity (Wildman–Crippen MR) is 47.6 cm³/mol. The van der Waals surface area contributed by atoms with Crippen molar-refractivity contribution in [1.29, 1.82) is 0 Å². The molecule has 0 aliphatic carbocycles. The first-order valence-corrected chi connectivity index (χ1v) is 4.15. The lowest BCUT2D eigenvalue weighted by molar-refractivity contribution is 0.261. The van der Waals surface area contributed by atoms with Gasteiger partial charge in [-0.25, -0.2) is 4.39 Å². The average Bonchev–Trinajstić information content (AvgIpc) is 2.01. The summed E-state index contributed by atoms with van der Waals surface area (Å²) in [4.78, 5) is 10.1. The Balaban J connectivity index is 2.57. The molecule has 0 aliphatic rings. The Bertz CT molecular complexity index is 290. The van der Waals surface area contributed by atoms with E-state index >= 15 is 0 Å². The highest BCUT2D eigenvalue weighted by atomic mass is 79.9. The molecule has 12 heavy (non-hydrogen) atoms. The van der Waals surface area contributed by atoms with Crippen LogP contribution in [0.3, 0.4) is 0 Å². The highest BCUT2D eigenvalue weighted by molar-refractivity contribution is 9.18. The summed E-state index contributed by atoms with van der Waals surface area (Å²) >= 11 is 2.71. The second-order valence-electron chi connectivity index (χ2n) is 2.26. The van der Waals surface area contributed by atoms with E-state index < -0.39 is 0 Å². The van der Waals surface area contributed by atoms with Gasteiger partial charge in [0.05, 0.1) is 0 Å². The van der Waals surface area contributed by atoms with Gasteiger partial charge in [0.25, 0.3) is 4.82 Å². The number of benzene rings is 1. The highest BCUT2D eigenvalue weighted by Gasteiger charge is 1.96. The van der Waals surface area contributed by atoms with Crippen LogP contribution in [-0.2, 0) is 6.54 Å². The Morgan fingerprint density at radius 2 is 2.33 bits per heavy atom. The van der Waals surface area contributed by atoms with Crippen molar-refractivity contribution < 1.29 is 9.18 Å².